The lowest BCUT2D eigenvalue weighted by Crippen LogP contribution is -2.30. The minimum absolute atomic E-state index is 0.222. The molecule has 4 heteroatoms. The summed E-state index contributed by atoms with van der Waals surface area (Å²) >= 11 is 5.31. The van der Waals surface area contributed by atoms with Crippen molar-refractivity contribution in [3.8, 4) is 0 Å². The van der Waals surface area contributed by atoms with E-state index in [1.54, 1.807) is 11.8 Å². The smallest absolute Gasteiger partial charge is 0.315 e. The lowest BCUT2D eigenvalue weighted by atomic mass is 9.85. The Balaban J connectivity index is 3.08. The van der Waals surface area contributed by atoms with Crippen molar-refractivity contribution in [2.24, 2.45) is 0 Å². The lowest BCUT2D eigenvalue weighted by molar-refractivity contribution is -0.146. The molecule has 0 fully saturated rings. The van der Waals surface area contributed by atoms with Crippen molar-refractivity contribution in [3.63, 3.8) is 0 Å². The normalized spacial score (nSPS) is 11.4. The van der Waals surface area contributed by atoms with E-state index in [1.807, 2.05) is 32.0 Å². The minimum Gasteiger partial charge on any atom is -0.468 e. The van der Waals surface area contributed by atoms with Gasteiger partial charge in [0.25, 0.3) is 0 Å². The highest BCUT2D eigenvalue weighted by Gasteiger charge is 2.31. The monoisotopic (exact) mass is 316 g/mol. The van der Waals surface area contributed by atoms with Gasteiger partial charge in [-0.25, -0.2) is 0 Å². The fourth-order valence-corrected chi connectivity index (χ4v) is 2.93. The number of carbonyl (C=O) groups is 1. The predicted molar refractivity (Wildman–Crippen MR) is 75.6 cm³/mol. The molecule has 0 amide bonds. The summed E-state index contributed by atoms with van der Waals surface area (Å²) in [6, 6.07) is 6.02. The van der Waals surface area contributed by atoms with Crippen LogP contribution in [0.25, 0.3) is 0 Å². The molecule has 1 aromatic rings. The molecule has 0 radical (unpaired) electrons. The Kier molecular flexibility index (Phi) is 5.07. The summed E-state index contributed by atoms with van der Waals surface area (Å²) in [4.78, 5) is 12.9. The van der Waals surface area contributed by atoms with Crippen LogP contribution < -0.4 is 0 Å². The Bertz CT molecular complexity index is 416. The van der Waals surface area contributed by atoms with Crippen LogP contribution in [0.2, 0.25) is 0 Å². The third-order valence-corrected chi connectivity index (χ3v) is 4.52. The van der Waals surface area contributed by atoms with E-state index in [0.29, 0.717) is 0 Å². The zero-order chi connectivity index (χ0) is 13.1. The van der Waals surface area contributed by atoms with E-state index in [4.69, 9.17) is 4.74 Å². The second kappa shape index (κ2) is 5.91. The second-order valence-electron chi connectivity index (χ2n) is 4.19. The van der Waals surface area contributed by atoms with Gasteiger partial charge >= 0.3 is 5.97 Å². The van der Waals surface area contributed by atoms with Crippen molar-refractivity contribution in [1.82, 2.24) is 0 Å². The van der Waals surface area contributed by atoms with E-state index in [-0.39, 0.29) is 5.97 Å². The first kappa shape index (κ1) is 14.6. The first-order valence-electron chi connectivity index (χ1n) is 5.44. The van der Waals surface area contributed by atoms with E-state index in [2.05, 4.69) is 22.9 Å². The number of methoxy groups -OCH3 is 1. The van der Waals surface area contributed by atoms with Gasteiger partial charge in [-0.3, -0.25) is 4.79 Å². The van der Waals surface area contributed by atoms with Crippen molar-refractivity contribution in [2.75, 3.05) is 12.9 Å². The number of hydrogen-bond acceptors (Lipinski definition) is 3. The van der Waals surface area contributed by atoms with Crippen LogP contribution in [0.1, 0.15) is 26.3 Å². The third-order valence-electron chi connectivity index (χ3n) is 2.65. The Morgan fingerprint density at radius 3 is 2.59 bits per heavy atom. The van der Waals surface area contributed by atoms with E-state index in [9.17, 15) is 4.79 Å². The molecule has 94 valence electrons. The molecule has 0 spiro atoms. The number of rotatable bonds is 4. The molecule has 1 aromatic carbocycles. The molecule has 0 aliphatic carbocycles. The number of ether oxygens (including phenoxy) is 1. The molecule has 17 heavy (non-hydrogen) atoms. The minimum atomic E-state index is -0.618. The molecule has 1 rings (SSSR count). The van der Waals surface area contributed by atoms with Crippen LogP contribution in [0, 0.1) is 0 Å². The summed E-state index contributed by atoms with van der Waals surface area (Å²) in [5.74, 6) is 0.804. The van der Waals surface area contributed by atoms with E-state index < -0.39 is 5.41 Å². The van der Waals surface area contributed by atoms with Gasteiger partial charge in [0.1, 0.15) is 0 Å². The maximum atomic E-state index is 11.7. The molecule has 0 saturated heterocycles. The molecule has 0 aromatic heterocycles. The predicted octanol–water partition coefficient (Wildman–Crippen LogP) is 4.01. The molecule has 0 aliphatic heterocycles. The van der Waals surface area contributed by atoms with Crippen LogP contribution in [0.4, 0.5) is 0 Å². The molecule has 2 nitrogen and oxygen atoms in total. The fourth-order valence-electron chi connectivity index (χ4n) is 1.54. The summed E-state index contributed by atoms with van der Waals surface area (Å²) < 4.78 is 5.85. The Labute approximate surface area is 115 Å². The molecule has 0 aliphatic rings. The van der Waals surface area contributed by atoms with Gasteiger partial charge in [-0.15, -0.1) is 11.8 Å². The van der Waals surface area contributed by atoms with E-state index in [0.717, 1.165) is 15.8 Å². The summed E-state index contributed by atoms with van der Waals surface area (Å²) in [5.41, 5.74) is 0.337. The van der Waals surface area contributed by atoms with Crippen LogP contribution in [-0.4, -0.2) is 18.8 Å². The SMILES string of the molecule is CCSc1ccc(C(C)(C)C(=O)OC)cc1Br. The number of esters is 1. The highest BCUT2D eigenvalue weighted by Crippen LogP contribution is 2.33. The zero-order valence-corrected chi connectivity index (χ0v) is 12.9. The molecule has 0 N–H and O–H groups in total. The van der Waals surface area contributed by atoms with Crippen LogP contribution in [-0.2, 0) is 14.9 Å². The first-order valence-corrected chi connectivity index (χ1v) is 7.22. The third kappa shape index (κ3) is 3.26. The van der Waals surface area contributed by atoms with Gasteiger partial charge in [-0.1, -0.05) is 13.0 Å². The quantitative estimate of drug-likeness (QED) is 0.620. The van der Waals surface area contributed by atoms with Crippen LogP contribution in [0.3, 0.4) is 0 Å². The summed E-state index contributed by atoms with van der Waals surface area (Å²) in [6.45, 7) is 5.85. The van der Waals surface area contributed by atoms with Crippen LogP contribution in [0.15, 0.2) is 27.6 Å². The van der Waals surface area contributed by atoms with Crippen molar-refractivity contribution in [2.45, 2.75) is 31.1 Å². The number of hydrogen-bond donors (Lipinski definition) is 0. The Morgan fingerprint density at radius 2 is 2.12 bits per heavy atom. The maximum absolute atomic E-state index is 11.7. The van der Waals surface area contributed by atoms with Crippen molar-refractivity contribution in [1.29, 1.82) is 0 Å². The van der Waals surface area contributed by atoms with Crippen LogP contribution >= 0.6 is 27.7 Å². The largest absolute Gasteiger partial charge is 0.468 e. The van der Waals surface area contributed by atoms with Gasteiger partial charge in [0.15, 0.2) is 0 Å². The van der Waals surface area contributed by atoms with Gasteiger partial charge in [-0.2, -0.15) is 0 Å². The topological polar surface area (TPSA) is 26.3 Å². The molecule has 0 heterocycles. The van der Waals surface area contributed by atoms with Crippen molar-refractivity contribution < 1.29 is 9.53 Å². The molecule has 0 atom stereocenters. The Morgan fingerprint density at radius 1 is 1.47 bits per heavy atom. The second-order valence-corrected chi connectivity index (χ2v) is 6.35. The summed E-state index contributed by atoms with van der Waals surface area (Å²) in [5, 5.41) is 0. The molecular formula is C13H17BrO2S. The van der Waals surface area contributed by atoms with Crippen molar-refractivity contribution in [3.05, 3.63) is 28.2 Å². The van der Waals surface area contributed by atoms with Gasteiger partial charge in [0.2, 0.25) is 0 Å². The van der Waals surface area contributed by atoms with Gasteiger partial charge in [0.05, 0.1) is 12.5 Å². The lowest BCUT2D eigenvalue weighted by Gasteiger charge is -2.22. The van der Waals surface area contributed by atoms with Gasteiger partial charge in [0, 0.05) is 9.37 Å². The number of thioether (sulfide) groups is 1. The average molecular weight is 317 g/mol. The van der Waals surface area contributed by atoms with Crippen molar-refractivity contribution >= 4 is 33.7 Å². The standard InChI is InChI=1S/C13H17BrO2S/c1-5-17-11-7-6-9(8-10(11)14)13(2,3)12(15)16-4/h6-8H,5H2,1-4H3. The molecule has 0 unspecified atom stereocenters. The number of halogens is 1. The average Bonchev–Trinajstić information content (AvgIpc) is 2.30. The highest BCUT2D eigenvalue weighted by atomic mass is 79.9. The first-order chi connectivity index (χ1) is 7.93. The number of carbonyl (C=O) groups excluding carboxylic acids is 1. The maximum Gasteiger partial charge on any atom is 0.315 e. The van der Waals surface area contributed by atoms with Gasteiger partial charge in [-0.05, 0) is 53.2 Å². The highest BCUT2D eigenvalue weighted by molar-refractivity contribution is 9.10. The molecule has 0 saturated carbocycles. The van der Waals surface area contributed by atoms with E-state index >= 15 is 0 Å². The van der Waals surface area contributed by atoms with E-state index in [1.165, 1.54) is 12.0 Å². The zero-order valence-electron chi connectivity index (χ0n) is 10.5. The fraction of sp³-hybridized carbons (Fsp3) is 0.462. The number of benzene rings is 1. The van der Waals surface area contributed by atoms with Gasteiger partial charge < -0.3 is 4.74 Å². The van der Waals surface area contributed by atoms with Crippen LogP contribution in [0.5, 0.6) is 0 Å². The molecule has 0 bridgehead atoms. The Hall–Kier alpha value is -0.480. The summed E-state index contributed by atoms with van der Waals surface area (Å²) in [7, 11) is 1.42. The molecular weight excluding hydrogens is 300 g/mol. The summed E-state index contributed by atoms with van der Waals surface area (Å²) in [6.07, 6.45) is 0.